The first-order valence-electron chi connectivity index (χ1n) is 10.6. The smallest absolute Gasteiger partial charge is 0.493 e. The molecule has 2 fully saturated rings. The summed E-state index contributed by atoms with van der Waals surface area (Å²) in [6, 6.07) is 9.85. The Morgan fingerprint density at radius 2 is 2.06 bits per heavy atom. The molecule has 0 aliphatic carbocycles. The highest BCUT2D eigenvalue weighted by Gasteiger charge is 2.57. The maximum Gasteiger partial charge on any atom is 0.522 e. The van der Waals surface area contributed by atoms with Gasteiger partial charge in [-0.25, -0.2) is 0 Å². The van der Waals surface area contributed by atoms with E-state index in [2.05, 4.69) is 9.72 Å². The lowest BCUT2D eigenvalue weighted by Crippen LogP contribution is -2.53. The molecular formula is C23H23F3N2O6. The van der Waals surface area contributed by atoms with E-state index in [9.17, 15) is 22.8 Å². The first-order chi connectivity index (χ1) is 16.2. The lowest BCUT2D eigenvalue weighted by atomic mass is 9.69. The van der Waals surface area contributed by atoms with Crippen LogP contribution >= 0.6 is 0 Å². The number of hydrogen-bond acceptors (Lipinski definition) is 7. The van der Waals surface area contributed by atoms with Gasteiger partial charge in [-0.3, -0.25) is 19.3 Å². The van der Waals surface area contributed by atoms with Gasteiger partial charge in [0, 0.05) is 30.8 Å². The van der Waals surface area contributed by atoms with Gasteiger partial charge in [0.1, 0.15) is 12.0 Å². The maximum atomic E-state index is 13.2. The van der Waals surface area contributed by atoms with Crippen molar-refractivity contribution in [2.24, 2.45) is 5.92 Å². The van der Waals surface area contributed by atoms with Crippen molar-refractivity contribution in [1.29, 1.82) is 0 Å². The molecule has 2 atom stereocenters. The third-order valence-electron chi connectivity index (χ3n) is 6.12. The Morgan fingerprint density at radius 3 is 2.76 bits per heavy atom. The Balaban J connectivity index is 1.45. The Labute approximate surface area is 193 Å². The van der Waals surface area contributed by atoms with E-state index in [0.29, 0.717) is 30.8 Å². The van der Waals surface area contributed by atoms with Gasteiger partial charge >= 0.3 is 12.3 Å². The Morgan fingerprint density at radius 1 is 1.24 bits per heavy atom. The van der Waals surface area contributed by atoms with Crippen LogP contribution in [0.25, 0.3) is 0 Å². The lowest BCUT2D eigenvalue weighted by molar-refractivity contribution is -0.325. The summed E-state index contributed by atoms with van der Waals surface area (Å²) in [5.74, 6) is -0.421. The number of alkyl halides is 3. The van der Waals surface area contributed by atoms with Crippen molar-refractivity contribution >= 4 is 11.9 Å². The summed E-state index contributed by atoms with van der Waals surface area (Å²) in [4.78, 5) is 31.9. The second kappa shape index (κ2) is 9.49. The summed E-state index contributed by atoms with van der Waals surface area (Å²) in [6.45, 7) is -0.177. The number of fused-ring (bicyclic) bond motifs is 1. The number of pyridine rings is 1. The number of nitrogens with zero attached hydrogens (tertiary/aromatic N) is 2. The number of aromatic nitrogens is 1. The van der Waals surface area contributed by atoms with E-state index in [1.165, 1.54) is 25.3 Å². The summed E-state index contributed by atoms with van der Waals surface area (Å²) >= 11 is 0. The monoisotopic (exact) mass is 480 g/mol. The molecule has 182 valence electrons. The molecule has 2 saturated heterocycles. The minimum absolute atomic E-state index is 0.187. The van der Waals surface area contributed by atoms with Crippen LogP contribution in [0.4, 0.5) is 13.2 Å². The number of cyclic esters (lactones) is 1. The van der Waals surface area contributed by atoms with Crippen molar-refractivity contribution < 1.29 is 41.7 Å². The van der Waals surface area contributed by atoms with E-state index in [4.69, 9.17) is 14.2 Å². The summed E-state index contributed by atoms with van der Waals surface area (Å²) in [6.07, 6.45) is -2.71. The average Bonchev–Trinajstić information content (AvgIpc) is 3.18. The van der Waals surface area contributed by atoms with Gasteiger partial charge in [-0.2, -0.15) is 0 Å². The number of benzene rings is 1. The first kappa shape index (κ1) is 23.8. The fourth-order valence-electron chi connectivity index (χ4n) is 4.46. The van der Waals surface area contributed by atoms with Crippen LogP contribution in [0.2, 0.25) is 0 Å². The highest BCUT2D eigenvalue weighted by atomic mass is 19.4. The van der Waals surface area contributed by atoms with E-state index in [1.807, 2.05) is 6.07 Å². The van der Waals surface area contributed by atoms with Crippen LogP contribution in [0.15, 0.2) is 42.6 Å². The Bertz CT molecular complexity index is 1050. The number of esters is 1. The molecule has 1 amide bonds. The predicted octanol–water partition coefficient (Wildman–Crippen LogP) is 2.96. The number of carbonyl (C=O) groups is 2. The molecule has 3 heterocycles. The number of carbonyl (C=O) groups excluding carboxylic acids is 2. The highest BCUT2D eigenvalue weighted by Crippen LogP contribution is 2.44. The van der Waals surface area contributed by atoms with E-state index in [1.54, 1.807) is 23.2 Å². The largest absolute Gasteiger partial charge is 0.522 e. The molecule has 2 aliphatic heterocycles. The van der Waals surface area contributed by atoms with Crippen LogP contribution in [0.3, 0.4) is 0 Å². The summed E-state index contributed by atoms with van der Waals surface area (Å²) in [5, 5.41) is 0. The molecule has 4 rings (SSSR count). The van der Waals surface area contributed by atoms with Crippen LogP contribution in [-0.2, 0) is 19.7 Å². The van der Waals surface area contributed by atoms with Crippen LogP contribution in [0.1, 0.15) is 22.5 Å². The van der Waals surface area contributed by atoms with Crippen molar-refractivity contribution in [3.05, 3.63) is 53.9 Å². The molecule has 2 aliphatic rings. The minimum atomic E-state index is -4.73. The first-order valence-corrected chi connectivity index (χ1v) is 10.6. The van der Waals surface area contributed by atoms with Crippen LogP contribution in [0, 0.1) is 5.92 Å². The van der Waals surface area contributed by atoms with Crippen LogP contribution in [0.5, 0.6) is 11.5 Å². The van der Waals surface area contributed by atoms with Crippen molar-refractivity contribution in [3.63, 3.8) is 0 Å². The number of amides is 1. The zero-order valence-electron chi connectivity index (χ0n) is 18.3. The topological polar surface area (TPSA) is 87.2 Å². The predicted molar refractivity (Wildman–Crippen MR) is 111 cm³/mol. The Hall–Kier alpha value is -3.34. The summed E-state index contributed by atoms with van der Waals surface area (Å²) < 4.78 is 55.9. The van der Waals surface area contributed by atoms with Gasteiger partial charge < -0.3 is 19.1 Å². The normalized spacial score (nSPS) is 22.2. The van der Waals surface area contributed by atoms with Gasteiger partial charge in [-0.1, -0.05) is 6.07 Å². The van der Waals surface area contributed by atoms with Gasteiger partial charge in [0.05, 0.1) is 26.0 Å². The van der Waals surface area contributed by atoms with Gasteiger partial charge in [0.2, 0.25) is 0 Å². The average molecular weight is 480 g/mol. The molecule has 0 radical (unpaired) electrons. The highest BCUT2D eigenvalue weighted by molar-refractivity contribution is 5.95. The molecule has 0 saturated carbocycles. The molecule has 0 N–H and O–H groups in total. The molecule has 0 bridgehead atoms. The summed E-state index contributed by atoms with van der Waals surface area (Å²) in [5.41, 5.74) is 0.102. The van der Waals surface area contributed by atoms with E-state index >= 15 is 0 Å². The number of methoxy groups -OCH3 is 1. The lowest BCUT2D eigenvalue weighted by Gasteiger charge is -2.40. The van der Waals surface area contributed by atoms with E-state index in [-0.39, 0.29) is 42.5 Å². The molecule has 1 aromatic heterocycles. The second-order valence-electron chi connectivity index (χ2n) is 7.99. The van der Waals surface area contributed by atoms with Crippen LogP contribution < -0.4 is 9.47 Å². The number of ether oxygens (including phenoxy) is 4. The zero-order chi connectivity index (χ0) is 24.3. The van der Waals surface area contributed by atoms with E-state index < -0.39 is 18.4 Å². The number of hydrogen-bond donors (Lipinski definition) is 0. The van der Waals surface area contributed by atoms with Crippen molar-refractivity contribution in [2.75, 3.05) is 40.0 Å². The quantitative estimate of drug-likeness (QED) is 0.445. The fourth-order valence-corrected chi connectivity index (χ4v) is 4.46. The van der Waals surface area contributed by atoms with Crippen molar-refractivity contribution in [1.82, 2.24) is 9.88 Å². The molecule has 11 heteroatoms. The third-order valence-corrected chi connectivity index (χ3v) is 6.12. The number of halogens is 3. The van der Waals surface area contributed by atoms with Gasteiger partial charge in [0.25, 0.3) is 5.91 Å². The third kappa shape index (κ3) is 4.65. The molecule has 0 spiro atoms. The molecule has 0 unspecified atom stereocenters. The molecule has 8 nitrogen and oxygen atoms in total. The summed E-state index contributed by atoms with van der Waals surface area (Å²) in [7, 11) is 1.37. The SMILES string of the molecule is COc1cc(C(=O)N2CC[C@]3(c4ccccn4)C(=O)OC[C@@H]3C2)ccc1OCCOC(F)(F)F. The van der Waals surface area contributed by atoms with Gasteiger partial charge in [-0.15, -0.1) is 13.2 Å². The standard InChI is InChI=1S/C23H23F3N2O6/c1-31-18-12-15(5-6-17(18)32-10-11-34-23(24,25)26)20(29)28-9-7-22(19-4-2-3-8-27-19)16(13-28)14-33-21(22)30/h2-6,8,12,16H,7,9-11,13-14H2,1H3/t16-,22-/m0/s1. The Kier molecular flexibility index (Phi) is 6.65. The molecule has 2 aromatic rings. The van der Waals surface area contributed by atoms with Gasteiger partial charge in [0.15, 0.2) is 11.5 Å². The van der Waals surface area contributed by atoms with Gasteiger partial charge in [-0.05, 0) is 36.8 Å². The number of rotatable bonds is 7. The minimum Gasteiger partial charge on any atom is -0.493 e. The van der Waals surface area contributed by atoms with Crippen molar-refractivity contribution in [2.45, 2.75) is 18.2 Å². The van der Waals surface area contributed by atoms with Crippen LogP contribution in [-0.4, -0.2) is 68.1 Å². The maximum absolute atomic E-state index is 13.2. The second-order valence-corrected chi connectivity index (χ2v) is 7.99. The molecular weight excluding hydrogens is 457 g/mol. The number of piperidine rings is 1. The molecule has 34 heavy (non-hydrogen) atoms. The zero-order valence-corrected chi connectivity index (χ0v) is 18.3. The fraction of sp³-hybridized carbons (Fsp3) is 0.435. The number of likely N-dealkylation sites (tertiary alicyclic amines) is 1. The van der Waals surface area contributed by atoms with E-state index in [0.717, 1.165) is 0 Å². The van der Waals surface area contributed by atoms with Crippen molar-refractivity contribution in [3.8, 4) is 11.5 Å². The molecule has 1 aromatic carbocycles.